The molecule has 0 bridgehead atoms. The second kappa shape index (κ2) is 9.25. The van der Waals surface area contributed by atoms with Crippen molar-refractivity contribution in [3.05, 3.63) is 40.3 Å². The second-order valence-electron chi connectivity index (χ2n) is 9.77. The average Bonchev–Trinajstić information content (AvgIpc) is 3.22. The van der Waals surface area contributed by atoms with Crippen LogP contribution in [0.3, 0.4) is 0 Å². The highest BCUT2D eigenvalue weighted by molar-refractivity contribution is 6.58. The van der Waals surface area contributed by atoms with Crippen LogP contribution < -0.4 is 10.3 Å². The molecule has 3 N–H and O–H groups in total. The van der Waals surface area contributed by atoms with Crippen molar-refractivity contribution in [3.8, 4) is 16.9 Å². The Morgan fingerprint density at radius 1 is 1.29 bits per heavy atom. The van der Waals surface area contributed by atoms with Crippen LogP contribution in [0.1, 0.15) is 55.7 Å². The van der Waals surface area contributed by atoms with E-state index in [9.17, 15) is 14.8 Å². The quantitative estimate of drug-likeness (QED) is 0.377. The summed E-state index contributed by atoms with van der Waals surface area (Å²) in [6, 6.07) is 2.94. The summed E-state index contributed by atoms with van der Waals surface area (Å²) in [5.74, 6) is -0.877. The van der Waals surface area contributed by atoms with Gasteiger partial charge in [-0.2, -0.15) is 0 Å². The Morgan fingerprint density at radius 2 is 2.00 bits per heavy atom. The molecule has 2 aromatic heterocycles. The van der Waals surface area contributed by atoms with Crippen molar-refractivity contribution < 1.29 is 33.4 Å². The minimum absolute atomic E-state index is 0.121. The van der Waals surface area contributed by atoms with E-state index in [2.05, 4.69) is 9.97 Å². The van der Waals surface area contributed by atoms with Gasteiger partial charge in [-0.15, -0.1) is 0 Å². The zero-order valence-electron chi connectivity index (χ0n) is 20.8. The largest absolute Gasteiger partial charge is 0.505 e. The first kappa shape index (κ1) is 25.2. The molecule has 8 nitrogen and oxygen atoms in total. The summed E-state index contributed by atoms with van der Waals surface area (Å²) in [5.41, 5.74) is 3.30. The van der Waals surface area contributed by atoms with Gasteiger partial charge in [0.25, 0.3) is 0 Å². The molecular weight excluding hydrogens is 454 g/mol. The highest BCUT2D eigenvalue weighted by Gasteiger charge is 2.35. The number of nitrogens with one attached hydrogen (secondary N) is 1. The van der Waals surface area contributed by atoms with Gasteiger partial charge in [-0.3, -0.25) is 0 Å². The fourth-order valence-corrected chi connectivity index (χ4v) is 4.65. The summed E-state index contributed by atoms with van der Waals surface area (Å²) >= 11 is 0. The van der Waals surface area contributed by atoms with Gasteiger partial charge >= 0.3 is 13.1 Å². The number of H-pyrrole nitrogens is 1. The standard InChI is InChI=1S/C25H30BFN2O6/c1-12-14-8-7-9-34-21(14)17(27)10-15(12)20-16-11-18(26(31)32)29-23(16)28-13(2)19(20)22(24(30)33-6)35-25(3,4)5/h10-11,22,31-32H,7-9H2,1-6H3,(H,28,29)/t22-/m0/s1. The van der Waals surface area contributed by atoms with E-state index in [-0.39, 0.29) is 11.3 Å². The third kappa shape index (κ3) is 4.65. The Bertz CT molecular complexity index is 1300. The molecule has 1 aromatic carbocycles. The zero-order chi connectivity index (χ0) is 25.7. The number of nitrogens with zero attached hydrogens (tertiary/aromatic N) is 1. The maximum atomic E-state index is 15.3. The number of aryl methyl sites for hydroxylation is 1. The Hall–Kier alpha value is -2.95. The lowest BCUT2D eigenvalue weighted by molar-refractivity contribution is -0.164. The molecule has 0 radical (unpaired) electrons. The van der Waals surface area contributed by atoms with E-state index in [0.717, 1.165) is 17.5 Å². The molecule has 4 rings (SSSR count). The second-order valence-corrected chi connectivity index (χ2v) is 9.77. The number of pyridine rings is 1. The number of carbonyl (C=O) groups is 1. The molecule has 0 spiro atoms. The molecule has 0 fully saturated rings. The molecule has 3 aromatic rings. The van der Waals surface area contributed by atoms with Crippen LogP contribution in [0, 0.1) is 19.7 Å². The minimum atomic E-state index is -1.77. The lowest BCUT2D eigenvalue weighted by atomic mass is 9.84. The highest BCUT2D eigenvalue weighted by Crippen LogP contribution is 2.44. The number of hydrogen-bond acceptors (Lipinski definition) is 7. The van der Waals surface area contributed by atoms with Gasteiger partial charge in [-0.1, -0.05) is 0 Å². The molecule has 35 heavy (non-hydrogen) atoms. The number of methoxy groups -OCH3 is 1. The highest BCUT2D eigenvalue weighted by atomic mass is 19.1. The Balaban J connectivity index is 2.12. The molecule has 0 saturated carbocycles. The Kier molecular flexibility index (Phi) is 6.65. The first-order valence-corrected chi connectivity index (χ1v) is 11.5. The fourth-order valence-electron chi connectivity index (χ4n) is 4.65. The predicted molar refractivity (Wildman–Crippen MR) is 130 cm³/mol. The van der Waals surface area contributed by atoms with E-state index >= 15 is 4.39 Å². The average molecular weight is 484 g/mol. The number of benzene rings is 1. The predicted octanol–water partition coefficient (Wildman–Crippen LogP) is 3.02. The third-order valence-electron chi connectivity index (χ3n) is 6.16. The topological polar surface area (TPSA) is 114 Å². The molecule has 0 aliphatic carbocycles. The Labute approximate surface area is 203 Å². The SMILES string of the molecule is COC(=O)[C@@H](OC(C)(C)C)c1c(C)nc2[nH]c(B(O)O)cc2c1-c1cc(F)c2c(c1C)CCCO2. The first-order chi connectivity index (χ1) is 16.4. The molecular formula is C25H30BFN2O6. The van der Waals surface area contributed by atoms with E-state index in [1.165, 1.54) is 13.2 Å². The molecule has 1 atom stereocenters. The molecule has 10 heteroatoms. The number of rotatable bonds is 5. The van der Waals surface area contributed by atoms with Gasteiger partial charge in [0.15, 0.2) is 17.7 Å². The fraction of sp³-hybridized carbons (Fsp3) is 0.440. The summed E-state index contributed by atoms with van der Waals surface area (Å²) < 4.78 is 32.2. The third-order valence-corrected chi connectivity index (χ3v) is 6.16. The monoisotopic (exact) mass is 484 g/mol. The van der Waals surface area contributed by atoms with Crippen molar-refractivity contribution in [2.75, 3.05) is 13.7 Å². The van der Waals surface area contributed by atoms with Crippen LogP contribution in [0.2, 0.25) is 0 Å². The Morgan fingerprint density at radius 3 is 2.63 bits per heavy atom. The molecule has 1 aliphatic heterocycles. The number of ether oxygens (including phenoxy) is 3. The van der Waals surface area contributed by atoms with Gasteiger partial charge in [0.05, 0.1) is 19.3 Å². The van der Waals surface area contributed by atoms with E-state index < -0.39 is 30.6 Å². The van der Waals surface area contributed by atoms with E-state index in [1.807, 2.05) is 27.7 Å². The summed E-state index contributed by atoms with van der Waals surface area (Å²) in [7, 11) is -0.488. The van der Waals surface area contributed by atoms with Crippen molar-refractivity contribution in [1.29, 1.82) is 0 Å². The maximum absolute atomic E-state index is 15.3. The van der Waals surface area contributed by atoms with Crippen LogP contribution in [0.15, 0.2) is 12.1 Å². The van der Waals surface area contributed by atoms with Crippen molar-refractivity contribution >= 4 is 29.7 Å². The molecule has 0 unspecified atom stereocenters. The van der Waals surface area contributed by atoms with Crippen LogP contribution in [-0.4, -0.2) is 52.4 Å². The van der Waals surface area contributed by atoms with Crippen LogP contribution in [0.25, 0.3) is 22.2 Å². The van der Waals surface area contributed by atoms with Crippen LogP contribution in [-0.2, 0) is 20.7 Å². The normalized spacial score (nSPS) is 14.4. The van der Waals surface area contributed by atoms with Gasteiger partial charge in [0.2, 0.25) is 0 Å². The van der Waals surface area contributed by atoms with E-state index in [4.69, 9.17) is 14.2 Å². The molecule has 3 heterocycles. The van der Waals surface area contributed by atoms with Gasteiger partial charge in [-0.05, 0) is 70.7 Å². The van der Waals surface area contributed by atoms with Gasteiger partial charge in [0, 0.05) is 33.4 Å². The number of fused-ring (bicyclic) bond motifs is 2. The lowest BCUT2D eigenvalue weighted by Gasteiger charge is -2.29. The van der Waals surface area contributed by atoms with Crippen LogP contribution in [0.5, 0.6) is 5.75 Å². The van der Waals surface area contributed by atoms with Gasteiger partial charge < -0.3 is 29.2 Å². The summed E-state index contributed by atoms with van der Waals surface area (Å²) in [5, 5.41) is 20.1. The smallest absolute Gasteiger partial charge is 0.490 e. The van der Waals surface area contributed by atoms with Gasteiger partial charge in [0.1, 0.15) is 5.65 Å². The van der Waals surface area contributed by atoms with Gasteiger partial charge in [-0.25, -0.2) is 14.2 Å². The summed E-state index contributed by atoms with van der Waals surface area (Å²) in [6.45, 7) is 9.53. The number of halogens is 1. The number of aromatic nitrogens is 2. The van der Waals surface area contributed by atoms with Crippen molar-refractivity contribution in [3.63, 3.8) is 0 Å². The molecule has 186 valence electrons. The molecule has 0 saturated heterocycles. The lowest BCUT2D eigenvalue weighted by Crippen LogP contribution is -2.30. The number of aromatic amines is 1. The summed E-state index contributed by atoms with van der Waals surface area (Å²) in [6.07, 6.45) is 0.261. The molecule has 1 aliphatic rings. The summed E-state index contributed by atoms with van der Waals surface area (Å²) in [4.78, 5) is 20.5. The number of hydrogen-bond donors (Lipinski definition) is 3. The van der Waals surface area contributed by atoms with Crippen LogP contribution >= 0.6 is 0 Å². The van der Waals surface area contributed by atoms with Crippen molar-refractivity contribution in [2.24, 2.45) is 0 Å². The van der Waals surface area contributed by atoms with E-state index in [0.29, 0.717) is 46.4 Å². The molecule has 0 amide bonds. The minimum Gasteiger partial charge on any atom is -0.490 e. The van der Waals surface area contributed by atoms with Crippen molar-refractivity contribution in [2.45, 2.75) is 59.2 Å². The van der Waals surface area contributed by atoms with Crippen molar-refractivity contribution in [1.82, 2.24) is 9.97 Å². The zero-order valence-corrected chi connectivity index (χ0v) is 20.8. The number of esters is 1. The first-order valence-electron chi connectivity index (χ1n) is 11.5. The van der Waals surface area contributed by atoms with Crippen LogP contribution in [0.4, 0.5) is 4.39 Å². The maximum Gasteiger partial charge on any atom is 0.505 e. The number of carbonyl (C=O) groups excluding carboxylic acids is 1. The van der Waals surface area contributed by atoms with E-state index in [1.54, 1.807) is 13.0 Å².